The van der Waals surface area contributed by atoms with Crippen LogP contribution in [-0.2, 0) is 9.53 Å². The molecule has 1 heterocycles. The van der Waals surface area contributed by atoms with Crippen LogP contribution in [0.5, 0.6) is 0 Å². The van der Waals surface area contributed by atoms with Crippen molar-refractivity contribution >= 4 is 17.6 Å². The van der Waals surface area contributed by atoms with Crippen LogP contribution in [0, 0.1) is 5.82 Å². The standard InChI is InChI=1S/C16H22FN3O3/c1-2-23-8-4-7-18-16(22)19-13-10-15(21)20(11-13)14-6-3-5-12(17)9-14/h3,5-6,9,13H,2,4,7-8,10-11H2,1H3,(H2,18,19,22). The summed E-state index contributed by atoms with van der Waals surface area (Å²) < 4.78 is 18.4. The lowest BCUT2D eigenvalue weighted by Crippen LogP contribution is -2.43. The van der Waals surface area contributed by atoms with Crippen molar-refractivity contribution in [1.82, 2.24) is 10.6 Å². The number of amides is 3. The molecule has 2 N–H and O–H groups in total. The van der Waals surface area contributed by atoms with E-state index >= 15 is 0 Å². The van der Waals surface area contributed by atoms with Crippen LogP contribution in [-0.4, -0.2) is 44.3 Å². The quantitative estimate of drug-likeness (QED) is 0.750. The molecule has 1 fully saturated rings. The molecule has 0 spiro atoms. The largest absolute Gasteiger partial charge is 0.382 e. The van der Waals surface area contributed by atoms with Crippen LogP contribution in [0.15, 0.2) is 24.3 Å². The van der Waals surface area contributed by atoms with Gasteiger partial charge in [0, 0.05) is 38.4 Å². The fourth-order valence-corrected chi connectivity index (χ4v) is 2.45. The monoisotopic (exact) mass is 323 g/mol. The number of nitrogens with zero attached hydrogens (tertiary/aromatic N) is 1. The Balaban J connectivity index is 1.77. The second-order valence-corrected chi connectivity index (χ2v) is 5.34. The SMILES string of the molecule is CCOCCCNC(=O)NC1CC(=O)N(c2cccc(F)c2)C1. The highest BCUT2D eigenvalue weighted by Gasteiger charge is 2.31. The Bertz CT molecular complexity index is 553. The molecule has 1 aromatic carbocycles. The summed E-state index contributed by atoms with van der Waals surface area (Å²) in [6.45, 7) is 4.04. The molecule has 1 saturated heterocycles. The van der Waals surface area contributed by atoms with E-state index in [1.807, 2.05) is 6.92 Å². The van der Waals surface area contributed by atoms with Gasteiger partial charge in [-0.1, -0.05) is 6.07 Å². The van der Waals surface area contributed by atoms with E-state index in [2.05, 4.69) is 10.6 Å². The zero-order valence-corrected chi connectivity index (χ0v) is 13.2. The summed E-state index contributed by atoms with van der Waals surface area (Å²) in [5.74, 6) is -0.518. The summed E-state index contributed by atoms with van der Waals surface area (Å²) in [6.07, 6.45) is 0.948. The van der Waals surface area contributed by atoms with Gasteiger partial charge in [0.25, 0.3) is 0 Å². The molecule has 7 heteroatoms. The van der Waals surface area contributed by atoms with Crippen molar-refractivity contribution in [2.45, 2.75) is 25.8 Å². The van der Waals surface area contributed by atoms with Crippen molar-refractivity contribution in [3.63, 3.8) is 0 Å². The zero-order valence-electron chi connectivity index (χ0n) is 13.2. The third-order valence-corrected chi connectivity index (χ3v) is 3.54. The van der Waals surface area contributed by atoms with Crippen LogP contribution < -0.4 is 15.5 Å². The maximum absolute atomic E-state index is 13.3. The number of carbonyl (C=O) groups is 2. The molecule has 1 aromatic rings. The highest BCUT2D eigenvalue weighted by atomic mass is 19.1. The van der Waals surface area contributed by atoms with Gasteiger partial charge in [0.15, 0.2) is 0 Å². The van der Waals surface area contributed by atoms with E-state index in [0.717, 1.165) is 6.42 Å². The summed E-state index contributed by atoms with van der Waals surface area (Å²) in [7, 11) is 0. The van der Waals surface area contributed by atoms with Gasteiger partial charge in [-0.3, -0.25) is 4.79 Å². The molecule has 3 amide bonds. The van der Waals surface area contributed by atoms with Crippen molar-refractivity contribution in [2.24, 2.45) is 0 Å². The summed E-state index contributed by atoms with van der Waals surface area (Å²) in [5.41, 5.74) is 0.511. The van der Waals surface area contributed by atoms with Crippen molar-refractivity contribution in [3.05, 3.63) is 30.1 Å². The first-order valence-corrected chi connectivity index (χ1v) is 7.78. The van der Waals surface area contributed by atoms with Gasteiger partial charge in [-0.15, -0.1) is 0 Å². The van der Waals surface area contributed by atoms with Crippen LogP contribution in [0.1, 0.15) is 19.8 Å². The predicted molar refractivity (Wildman–Crippen MR) is 84.8 cm³/mol. The molecule has 6 nitrogen and oxygen atoms in total. The molecule has 1 atom stereocenters. The number of rotatable bonds is 7. The van der Waals surface area contributed by atoms with Gasteiger partial charge in [-0.25, -0.2) is 9.18 Å². The van der Waals surface area contributed by atoms with Crippen LogP contribution in [0.3, 0.4) is 0 Å². The maximum Gasteiger partial charge on any atom is 0.315 e. The van der Waals surface area contributed by atoms with Crippen LogP contribution >= 0.6 is 0 Å². The average molecular weight is 323 g/mol. The molecule has 1 aliphatic heterocycles. The summed E-state index contributed by atoms with van der Waals surface area (Å²) in [6, 6.07) is 5.29. The number of ether oxygens (including phenoxy) is 1. The number of anilines is 1. The first-order valence-electron chi connectivity index (χ1n) is 7.78. The van der Waals surface area contributed by atoms with E-state index in [1.165, 1.54) is 17.0 Å². The first kappa shape index (κ1) is 17.2. The highest BCUT2D eigenvalue weighted by molar-refractivity contribution is 5.96. The average Bonchev–Trinajstić information content (AvgIpc) is 2.87. The number of nitrogens with one attached hydrogen (secondary N) is 2. The number of urea groups is 1. The number of halogens is 1. The molecule has 0 aliphatic carbocycles. The van der Waals surface area contributed by atoms with Crippen molar-refractivity contribution in [1.29, 1.82) is 0 Å². The molecule has 0 saturated carbocycles. The third-order valence-electron chi connectivity index (χ3n) is 3.54. The molecule has 23 heavy (non-hydrogen) atoms. The zero-order chi connectivity index (χ0) is 16.7. The lowest BCUT2D eigenvalue weighted by Gasteiger charge is -2.17. The van der Waals surface area contributed by atoms with Crippen LogP contribution in [0.2, 0.25) is 0 Å². The molecule has 1 aliphatic rings. The minimum absolute atomic E-state index is 0.128. The van der Waals surface area contributed by atoms with Crippen LogP contribution in [0.25, 0.3) is 0 Å². The number of hydrogen-bond acceptors (Lipinski definition) is 3. The number of carbonyl (C=O) groups excluding carboxylic acids is 2. The Morgan fingerprint density at radius 3 is 3.04 bits per heavy atom. The van der Waals surface area contributed by atoms with E-state index in [1.54, 1.807) is 12.1 Å². The van der Waals surface area contributed by atoms with Gasteiger partial charge in [0.05, 0.1) is 6.04 Å². The van der Waals surface area contributed by atoms with Gasteiger partial charge in [0.1, 0.15) is 5.82 Å². The van der Waals surface area contributed by atoms with Crippen molar-refractivity contribution < 1.29 is 18.7 Å². The van der Waals surface area contributed by atoms with E-state index in [0.29, 0.717) is 32.0 Å². The Labute approximate surface area is 135 Å². The Morgan fingerprint density at radius 2 is 2.30 bits per heavy atom. The number of benzene rings is 1. The maximum atomic E-state index is 13.3. The minimum atomic E-state index is -0.390. The van der Waals surface area contributed by atoms with E-state index < -0.39 is 5.82 Å². The predicted octanol–water partition coefficient (Wildman–Crippen LogP) is 1.66. The fraction of sp³-hybridized carbons (Fsp3) is 0.500. The Morgan fingerprint density at radius 1 is 1.48 bits per heavy atom. The lowest BCUT2D eigenvalue weighted by atomic mass is 10.2. The summed E-state index contributed by atoms with van der Waals surface area (Å²) >= 11 is 0. The topological polar surface area (TPSA) is 70.7 Å². The Kier molecular flexibility index (Phi) is 6.34. The molecule has 1 unspecified atom stereocenters. The van der Waals surface area contributed by atoms with Crippen molar-refractivity contribution in [2.75, 3.05) is 31.2 Å². The summed E-state index contributed by atoms with van der Waals surface area (Å²) in [5, 5.41) is 5.49. The molecular formula is C16H22FN3O3. The minimum Gasteiger partial charge on any atom is -0.382 e. The number of hydrogen-bond donors (Lipinski definition) is 2. The lowest BCUT2D eigenvalue weighted by molar-refractivity contribution is -0.117. The molecule has 2 rings (SSSR count). The smallest absolute Gasteiger partial charge is 0.315 e. The fourth-order valence-electron chi connectivity index (χ4n) is 2.45. The van der Waals surface area contributed by atoms with Gasteiger partial charge >= 0.3 is 6.03 Å². The highest BCUT2D eigenvalue weighted by Crippen LogP contribution is 2.22. The third kappa shape index (κ3) is 5.21. The van der Waals surface area contributed by atoms with E-state index in [-0.39, 0.29) is 24.4 Å². The molecule has 126 valence electrons. The van der Waals surface area contributed by atoms with Crippen LogP contribution in [0.4, 0.5) is 14.9 Å². The second-order valence-electron chi connectivity index (χ2n) is 5.34. The van der Waals surface area contributed by atoms with Gasteiger partial charge < -0.3 is 20.3 Å². The van der Waals surface area contributed by atoms with Gasteiger partial charge in [0.2, 0.25) is 5.91 Å². The van der Waals surface area contributed by atoms with Gasteiger partial charge in [-0.05, 0) is 31.5 Å². The summed E-state index contributed by atoms with van der Waals surface area (Å²) in [4.78, 5) is 25.3. The molecule has 0 radical (unpaired) electrons. The van der Waals surface area contributed by atoms with Gasteiger partial charge in [-0.2, -0.15) is 0 Å². The van der Waals surface area contributed by atoms with E-state index in [9.17, 15) is 14.0 Å². The van der Waals surface area contributed by atoms with E-state index in [4.69, 9.17) is 4.74 Å². The van der Waals surface area contributed by atoms with Crippen molar-refractivity contribution in [3.8, 4) is 0 Å². The molecule has 0 bridgehead atoms. The second kappa shape index (κ2) is 8.47. The first-order chi connectivity index (χ1) is 11.1. The Hall–Kier alpha value is -2.15. The molecular weight excluding hydrogens is 301 g/mol. The normalized spacial score (nSPS) is 17.4. The molecule has 0 aromatic heterocycles.